The van der Waals surface area contributed by atoms with Gasteiger partial charge in [0.25, 0.3) is 0 Å². The van der Waals surface area contributed by atoms with Gasteiger partial charge in [-0.2, -0.15) is 0 Å². The van der Waals surface area contributed by atoms with Gasteiger partial charge in [0, 0.05) is 29.6 Å². The molecular formula is C18H19NO2. The number of anilines is 1. The quantitative estimate of drug-likeness (QED) is 0.637. The second kappa shape index (κ2) is 7.29. The molecule has 2 aromatic rings. The van der Waals surface area contributed by atoms with Crippen LogP contribution in [-0.2, 0) is 0 Å². The van der Waals surface area contributed by atoms with Crippen LogP contribution in [0.1, 0.15) is 22.8 Å². The van der Waals surface area contributed by atoms with Crippen LogP contribution < -0.4 is 10.1 Å². The zero-order chi connectivity index (χ0) is 15.1. The summed E-state index contributed by atoms with van der Waals surface area (Å²) in [7, 11) is 0. The van der Waals surface area contributed by atoms with E-state index < -0.39 is 0 Å². The lowest BCUT2D eigenvalue weighted by Gasteiger charge is -2.05. The minimum atomic E-state index is -0.0246. The predicted molar refractivity (Wildman–Crippen MR) is 85.9 cm³/mol. The first-order valence-corrected chi connectivity index (χ1v) is 6.96. The third-order valence-electron chi connectivity index (χ3n) is 2.97. The summed E-state index contributed by atoms with van der Waals surface area (Å²) in [4.78, 5) is 12.0. The number of allylic oxidation sites excluding steroid dienone is 1. The van der Waals surface area contributed by atoms with Crippen LogP contribution in [0.5, 0.6) is 5.75 Å². The largest absolute Gasteiger partial charge is 0.494 e. The number of rotatable bonds is 6. The Labute approximate surface area is 125 Å². The average Bonchev–Trinajstić information content (AvgIpc) is 2.48. The van der Waals surface area contributed by atoms with Gasteiger partial charge in [0.15, 0.2) is 5.78 Å². The van der Waals surface area contributed by atoms with Crippen molar-refractivity contribution in [1.29, 1.82) is 0 Å². The Kier molecular flexibility index (Phi) is 5.16. The molecule has 0 aliphatic carbocycles. The number of hydrogen-bond donors (Lipinski definition) is 1. The van der Waals surface area contributed by atoms with E-state index in [2.05, 4.69) is 5.32 Å². The van der Waals surface area contributed by atoms with Gasteiger partial charge < -0.3 is 10.1 Å². The van der Waals surface area contributed by atoms with Gasteiger partial charge in [0.2, 0.25) is 0 Å². The third kappa shape index (κ3) is 4.49. The molecule has 0 radical (unpaired) electrons. The summed E-state index contributed by atoms with van der Waals surface area (Å²) in [5, 5.41) is 3.07. The summed E-state index contributed by atoms with van der Waals surface area (Å²) in [6.45, 7) is 4.57. The number of nitrogens with one attached hydrogen (secondary N) is 1. The van der Waals surface area contributed by atoms with Crippen LogP contribution in [0.3, 0.4) is 0 Å². The molecule has 0 atom stereocenters. The fourth-order valence-electron chi connectivity index (χ4n) is 1.87. The number of benzene rings is 2. The van der Waals surface area contributed by atoms with Gasteiger partial charge in [-0.1, -0.05) is 35.9 Å². The standard InChI is InChI=1S/C18H19NO2/c1-3-21-17-6-4-5-16(13-17)19-12-11-18(20)15-9-7-14(2)8-10-15/h4-13,19H,3H2,1-2H3. The second-order valence-electron chi connectivity index (χ2n) is 4.67. The predicted octanol–water partition coefficient (Wildman–Crippen LogP) is 4.20. The maximum absolute atomic E-state index is 12.0. The van der Waals surface area contributed by atoms with E-state index in [9.17, 15) is 4.79 Å². The number of hydrogen-bond acceptors (Lipinski definition) is 3. The molecule has 0 aliphatic heterocycles. The summed E-state index contributed by atoms with van der Waals surface area (Å²) in [5.74, 6) is 0.782. The number of ketones is 1. The summed E-state index contributed by atoms with van der Waals surface area (Å²) in [6, 6.07) is 15.1. The molecule has 21 heavy (non-hydrogen) atoms. The van der Waals surface area contributed by atoms with E-state index in [0.717, 1.165) is 17.0 Å². The molecule has 3 nitrogen and oxygen atoms in total. The summed E-state index contributed by atoms with van der Waals surface area (Å²) < 4.78 is 5.42. The molecule has 0 spiro atoms. The van der Waals surface area contributed by atoms with Crippen molar-refractivity contribution in [3.05, 3.63) is 71.9 Å². The van der Waals surface area contributed by atoms with Crippen molar-refractivity contribution in [3.63, 3.8) is 0 Å². The molecule has 0 unspecified atom stereocenters. The Balaban J connectivity index is 1.97. The molecule has 108 valence electrons. The minimum absolute atomic E-state index is 0.0246. The zero-order valence-electron chi connectivity index (χ0n) is 12.3. The number of carbonyl (C=O) groups is 1. The van der Waals surface area contributed by atoms with Gasteiger partial charge in [0.1, 0.15) is 5.75 Å². The van der Waals surface area contributed by atoms with Crippen molar-refractivity contribution in [2.75, 3.05) is 11.9 Å². The van der Waals surface area contributed by atoms with Crippen molar-refractivity contribution in [1.82, 2.24) is 0 Å². The molecular weight excluding hydrogens is 262 g/mol. The Hall–Kier alpha value is -2.55. The highest BCUT2D eigenvalue weighted by Crippen LogP contribution is 2.17. The Morgan fingerprint density at radius 1 is 1.19 bits per heavy atom. The summed E-state index contributed by atoms with van der Waals surface area (Å²) in [5.41, 5.74) is 2.71. The highest BCUT2D eigenvalue weighted by Gasteiger charge is 2.00. The van der Waals surface area contributed by atoms with Crippen molar-refractivity contribution >= 4 is 11.5 Å². The van der Waals surface area contributed by atoms with Crippen molar-refractivity contribution in [2.24, 2.45) is 0 Å². The lowest BCUT2D eigenvalue weighted by atomic mass is 10.1. The molecule has 0 amide bonds. The van der Waals surface area contributed by atoms with E-state index in [1.165, 1.54) is 6.08 Å². The third-order valence-corrected chi connectivity index (χ3v) is 2.97. The zero-order valence-corrected chi connectivity index (χ0v) is 12.3. The fourth-order valence-corrected chi connectivity index (χ4v) is 1.87. The molecule has 0 fully saturated rings. The van der Waals surface area contributed by atoms with Crippen LogP contribution in [0.4, 0.5) is 5.69 Å². The average molecular weight is 281 g/mol. The molecule has 0 bridgehead atoms. The number of carbonyl (C=O) groups excluding carboxylic acids is 1. The van der Waals surface area contributed by atoms with Crippen LogP contribution in [-0.4, -0.2) is 12.4 Å². The van der Waals surface area contributed by atoms with Gasteiger partial charge >= 0.3 is 0 Å². The van der Waals surface area contributed by atoms with Crippen LogP contribution in [0.15, 0.2) is 60.8 Å². The number of ether oxygens (including phenoxy) is 1. The molecule has 0 aromatic heterocycles. The fraction of sp³-hybridized carbons (Fsp3) is 0.167. The van der Waals surface area contributed by atoms with E-state index >= 15 is 0 Å². The first-order valence-electron chi connectivity index (χ1n) is 6.96. The lowest BCUT2D eigenvalue weighted by molar-refractivity contribution is 0.104. The van der Waals surface area contributed by atoms with E-state index in [4.69, 9.17) is 4.74 Å². The van der Waals surface area contributed by atoms with E-state index in [0.29, 0.717) is 12.2 Å². The lowest BCUT2D eigenvalue weighted by Crippen LogP contribution is -1.97. The second-order valence-corrected chi connectivity index (χ2v) is 4.67. The normalized spacial score (nSPS) is 10.6. The number of aryl methyl sites for hydroxylation is 1. The van der Waals surface area contributed by atoms with Crippen LogP contribution in [0, 0.1) is 6.92 Å². The van der Waals surface area contributed by atoms with Gasteiger partial charge in [-0.25, -0.2) is 0 Å². The molecule has 2 aromatic carbocycles. The molecule has 0 aliphatic rings. The Morgan fingerprint density at radius 3 is 2.67 bits per heavy atom. The summed E-state index contributed by atoms with van der Waals surface area (Å²) >= 11 is 0. The highest BCUT2D eigenvalue weighted by atomic mass is 16.5. The topological polar surface area (TPSA) is 38.3 Å². The van der Waals surface area contributed by atoms with Gasteiger partial charge in [-0.3, -0.25) is 4.79 Å². The van der Waals surface area contributed by atoms with Crippen molar-refractivity contribution in [3.8, 4) is 5.75 Å². The first kappa shape index (κ1) is 14.9. The smallest absolute Gasteiger partial charge is 0.187 e. The maximum atomic E-state index is 12.0. The van der Waals surface area contributed by atoms with Crippen LogP contribution >= 0.6 is 0 Å². The van der Waals surface area contributed by atoms with Crippen molar-refractivity contribution in [2.45, 2.75) is 13.8 Å². The van der Waals surface area contributed by atoms with Crippen molar-refractivity contribution < 1.29 is 9.53 Å². The summed E-state index contributed by atoms with van der Waals surface area (Å²) in [6.07, 6.45) is 3.17. The minimum Gasteiger partial charge on any atom is -0.494 e. The van der Waals surface area contributed by atoms with Crippen LogP contribution in [0.2, 0.25) is 0 Å². The SMILES string of the molecule is CCOc1cccc(NC=CC(=O)c2ccc(C)cc2)c1. The van der Waals surface area contributed by atoms with Gasteiger partial charge in [-0.05, 0) is 26.0 Å². The first-order chi connectivity index (χ1) is 10.2. The van der Waals surface area contributed by atoms with E-state index in [1.54, 1.807) is 6.20 Å². The molecule has 2 rings (SSSR count). The molecule has 0 saturated heterocycles. The Morgan fingerprint density at radius 2 is 1.95 bits per heavy atom. The van der Waals surface area contributed by atoms with Crippen LogP contribution in [0.25, 0.3) is 0 Å². The molecule has 3 heteroatoms. The highest BCUT2D eigenvalue weighted by molar-refractivity contribution is 6.04. The Bertz CT molecular complexity index is 630. The monoisotopic (exact) mass is 281 g/mol. The molecule has 0 saturated carbocycles. The van der Waals surface area contributed by atoms with E-state index in [1.807, 2.05) is 62.4 Å². The van der Waals surface area contributed by atoms with Gasteiger partial charge in [-0.15, -0.1) is 0 Å². The van der Waals surface area contributed by atoms with Gasteiger partial charge in [0.05, 0.1) is 6.61 Å². The van der Waals surface area contributed by atoms with E-state index in [-0.39, 0.29) is 5.78 Å². The maximum Gasteiger partial charge on any atom is 0.187 e. The molecule has 0 heterocycles. The molecule has 1 N–H and O–H groups in total.